The Balaban J connectivity index is 1.62. The number of carbonyl (C=O) groups is 1. The van der Waals surface area contributed by atoms with Crippen molar-refractivity contribution < 1.29 is 18.3 Å². The van der Waals surface area contributed by atoms with E-state index < -0.39 is 16.4 Å². The van der Waals surface area contributed by atoms with E-state index in [2.05, 4.69) is 21.5 Å². The van der Waals surface area contributed by atoms with Gasteiger partial charge >= 0.3 is 0 Å². The Morgan fingerprint density at radius 1 is 1.23 bits per heavy atom. The predicted octanol–water partition coefficient (Wildman–Crippen LogP) is 5.00. The zero-order valence-electron chi connectivity index (χ0n) is 18.2. The molecular weight excluding hydrogens is 493 g/mol. The molecular formula is C24H19ClFN5O3S. The summed E-state index contributed by atoms with van der Waals surface area (Å²) < 4.78 is 34.7. The van der Waals surface area contributed by atoms with Gasteiger partial charge in [0.05, 0.1) is 34.1 Å². The minimum Gasteiger partial charge on any atom is -0.348 e. The predicted molar refractivity (Wildman–Crippen MR) is 132 cm³/mol. The first-order chi connectivity index (χ1) is 16.7. The van der Waals surface area contributed by atoms with Crippen LogP contribution < -0.4 is 5.32 Å². The summed E-state index contributed by atoms with van der Waals surface area (Å²) in [5.74, 6) is -0.127. The highest BCUT2D eigenvalue weighted by Gasteiger charge is 2.29. The van der Waals surface area contributed by atoms with E-state index in [1.165, 1.54) is 16.8 Å². The number of halogens is 2. The monoisotopic (exact) mass is 511 g/mol. The first kappa shape index (κ1) is 23.3. The summed E-state index contributed by atoms with van der Waals surface area (Å²) in [6.07, 6.45) is 1.56. The molecule has 4 aromatic rings. The van der Waals surface area contributed by atoms with E-state index in [-0.39, 0.29) is 23.5 Å². The van der Waals surface area contributed by atoms with Gasteiger partial charge in [0, 0.05) is 28.3 Å². The molecule has 1 amide bonds. The van der Waals surface area contributed by atoms with Crippen LogP contribution in [0.2, 0.25) is 5.02 Å². The Hall–Kier alpha value is -3.49. The Kier molecular flexibility index (Phi) is 5.94. The van der Waals surface area contributed by atoms with Crippen molar-refractivity contribution >= 4 is 39.0 Å². The molecule has 0 saturated carbocycles. The zero-order valence-corrected chi connectivity index (χ0v) is 19.7. The molecule has 0 aliphatic carbocycles. The first-order valence-corrected chi connectivity index (χ1v) is 12.9. The molecule has 5 rings (SSSR count). The molecule has 1 atom stereocenters. The van der Waals surface area contributed by atoms with Crippen LogP contribution >= 0.6 is 22.2 Å². The van der Waals surface area contributed by atoms with Gasteiger partial charge in [-0.05, 0) is 55.0 Å². The van der Waals surface area contributed by atoms with Gasteiger partial charge in [-0.3, -0.25) is 13.9 Å². The number of carbonyl (C=O) groups excluding carboxylic acids is 1. The molecule has 35 heavy (non-hydrogen) atoms. The average Bonchev–Trinajstić information content (AvgIpc) is 3.39. The van der Waals surface area contributed by atoms with Crippen LogP contribution in [0, 0.1) is 17.1 Å². The highest BCUT2D eigenvalue weighted by atomic mass is 35.5. The second-order valence-corrected chi connectivity index (χ2v) is 11.0. The van der Waals surface area contributed by atoms with Crippen molar-refractivity contribution in [2.75, 3.05) is 11.5 Å². The Morgan fingerprint density at radius 2 is 2.06 bits per heavy atom. The van der Waals surface area contributed by atoms with Gasteiger partial charge in [0.25, 0.3) is 5.91 Å². The lowest BCUT2D eigenvalue weighted by molar-refractivity contribution is 0.0941. The van der Waals surface area contributed by atoms with Gasteiger partial charge in [-0.25, -0.2) is 14.1 Å². The Bertz CT molecular complexity index is 1500. The van der Waals surface area contributed by atoms with Gasteiger partial charge in [0.15, 0.2) is 5.82 Å². The van der Waals surface area contributed by atoms with Crippen LogP contribution in [0.3, 0.4) is 0 Å². The van der Waals surface area contributed by atoms with E-state index in [0.717, 1.165) is 6.20 Å². The number of nitriles is 1. The maximum atomic E-state index is 13.5. The summed E-state index contributed by atoms with van der Waals surface area (Å²) in [4.78, 5) is 17.1. The molecule has 178 valence electrons. The molecule has 0 bridgehead atoms. The standard InChI is InChI=1S/C24H19ClFN5O3S/c25-20-5-1-14(11-27)9-19(20)23-18-4-2-15(24(32)29-17-7-8-35(33,34)13-17)10-21(18)31(30-23)22-6-3-16(26)12-28-22/h1-6,9-10,12,17,33-34H,7-8,13H2,(H,29,32). The van der Waals surface area contributed by atoms with Gasteiger partial charge in [-0.2, -0.15) is 21.0 Å². The minimum atomic E-state index is -2.64. The number of nitrogens with one attached hydrogen (secondary N) is 1. The van der Waals surface area contributed by atoms with Crippen LogP contribution in [-0.4, -0.2) is 47.3 Å². The van der Waals surface area contributed by atoms with Gasteiger partial charge < -0.3 is 5.32 Å². The number of hydrogen-bond donors (Lipinski definition) is 3. The van der Waals surface area contributed by atoms with Crippen LogP contribution in [0.4, 0.5) is 4.39 Å². The maximum Gasteiger partial charge on any atom is 0.251 e. The van der Waals surface area contributed by atoms with Crippen LogP contribution in [0.1, 0.15) is 22.3 Å². The van der Waals surface area contributed by atoms with Gasteiger partial charge in [-0.1, -0.05) is 11.6 Å². The Labute approximate surface area is 206 Å². The summed E-state index contributed by atoms with van der Waals surface area (Å²) in [6.45, 7) is 0. The quantitative estimate of drug-likeness (QED) is 0.354. The largest absolute Gasteiger partial charge is 0.348 e. The molecule has 2 aromatic heterocycles. The summed E-state index contributed by atoms with van der Waals surface area (Å²) in [7, 11) is -2.64. The number of aromatic nitrogens is 3. The zero-order chi connectivity index (χ0) is 24.7. The average molecular weight is 512 g/mol. The summed E-state index contributed by atoms with van der Waals surface area (Å²) in [6, 6.07) is 14.3. The molecule has 3 heterocycles. The van der Waals surface area contributed by atoms with Gasteiger partial charge in [0.2, 0.25) is 0 Å². The summed E-state index contributed by atoms with van der Waals surface area (Å²) in [5, 5.41) is 17.9. The van der Waals surface area contributed by atoms with Crippen molar-refractivity contribution in [1.82, 2.24) is 20.1 Å². The number of hydrogen-bond acceptors (Lipinski definition) is 6. The van der Waals surface area contributed by atoms with Crippen LogP contribution in [0.15, 0.2) is 54.7 Å². The van der Waals surface area contributed by atoms with E-state index in [1.807, 2.05) is 0 Å². The number of amides is 1. The fraction of sp³-hybridized carbons (Fsp3) is 0.167. The van der Waals surface area contributed by atoms with Crippen molar-refractivity contribution in [2.24, 2.45) is 0 Å². The number of pyridine rings is 1. The van der Waals surface area contributed by atoms with Crippen LogP contribution in [0.5, 0.6) is 0 Å². The SMILES string of the molecule is N#Cc1ccc(Cl)c(-c2nn(-c3ccc(F)cn3)c3cc(C(=O)NC4CCS(O)(O)C4)ccc23)c1. The van der Waals surface area contributed by atoms with Crippen molar-refractivity contribution in [3.63, 3.8) is 0 Å². The molecule has 8 nitrogen and oxygen atoms in total. The van der Waals surface area contributed by atoms with Crippen LogP contribution in [-0.2, 0) is 0 Å². The molecule has 0 spiro atoms. The smallest absolute Gasteiger partial charge is 0.251 e. The van der Waals surface area contributed by atoms with Gasteiger partial charge in [0.1, 0.15) is 11.5 Å². The van der Waals surface area contributed by atoms with Gasteiger partial charge in [-0.15, -0.1) is 0 Å². The second-order valence-electron chi connectivity index (χ2n) is 8.27. The third kappa shape index (κ3) is 4.59. The molecule has 1 aliphatic rings. The highest BCUT2D eigenvalue weighted by molar-refractivity contribution is 8.24. The summed E-state index contributed by atoms with van der Waals surface area (Å²) in [5.41, 5.74) is 2.29. The first-order valence-electron chi connectivity index (χ1n) is 10.6. The Morgan fingerprint density at radius 3 is 2.74 bits per heavy atom. The molecule has 1 aliphatic heterocycles. The lowest BCUT2D eigenvalue weighted by atomic mass is 10.0. The second kappa shape index (κ2) is 8.94. The minimum absolute atomic E-state index is 0.135. The van der Waals surface area contributed by atoms with Crippen molar-refractivity contribution in [3.05, 3.63) is 76.7 Å². The molecule has 11 heteroatoms. The molecule has 0 radical (unpaired) electrons. The van der Waals surface area contributed by atoms with Crippen molar-refractivity contribution in [1.29, 1.82) is 5.26 Å². The number of rotatable bonds is 4. The molecule has 1 unspecified atom stereocenters. The molecule has 1 fully saturated rings. The molecule has 3 N–H and O–H groups in total. The number of nitrogens with zero attached hydrogens (tertiary/aromatic N) is 4. The topological polar surface area (TPSA) is 124 Å². The van der Waals surface area contributed by atoms with E-state index in [4.69, 9.17) is 11.6 Å². The lowest BCUT2D eigenvalue weighted by Gasteiger charge is -2.26. The third-order valence-corrected chi connectivity index (χ3v) is 7.97. The maximum absolute atomic E-state index is 13.5. The fourth-order valence-corrected chi connectivity index (χ4v) is 6.03. The molecule has 2 aromatic carbocycles. The highest BCUT2D eigenvalue weighted by Crippen LogP contribution is 2.45. The lowest BCUT2D eigenvalue weighted by Crippen LogP contribution is -2.35. The number of benzene rings is 2. The third-order valence-electron chi connectivity index (χ3n) is 5.82. The number of fused-ring (bicyclic) bond motifs is 1. The van der Waals surface area contributed by atoms with E-state index >= 15 is 0 Å². The van der Waals surface area contributed by atoms with Crippen LogP contribution in [0.25, 0.3) is 28.0 Å². The van der Waals surface area contributed by atoms with Crippen molar-refractivity contribution in [3.8, 4) is 23.1 Å². The fourth-order valence-electron chi connectivity index (χ4n) is 4.10. The normalized spacial score (nSPS) is 17.7. The van der Waals surface area contributed by atoms with E-state index in [0.29, 0.717) is 50.5 Å². The van der Waals surface area contributed by atoms with E-state index in [9.17, 15) is 23.6 Å². The van der Waals surface area contributed by atoms with E-state index in [1.54, 1.807) is 36.4 Å². The van der Waals surface area contributed by atoms with Crippen molar-refractivity contribution in [2.45, 2.75) is 12.5 Å². The summed E-state index contributed by atoms with van der Waals surface area (Å²) >= 11 is 6.44. The molecule has 1 saturated heterocycles.